The van der Waals surface area contributed by atoms with E-state index in [2.05, 4.69) is 5.32 Å². The summed E-state index contributed by atoms with van der Waals surface area (Å²) in [4.78, 5) is 27.7. The number of amides is 3. The molecule has 0 aromatic heterocycles. The van der Waals surface area contributed by atoms with Gasteiger partial charge in [-0.15, -0.1) is 0 Å². The Balaban J connectivity index is 1.36. The Kier molecular flexibility index (Phi) is 5.71. The van der Waals surface area contributed by atoms with Gasteiger partial charge >= 0.3 is 12.2 Å². The highest BCUT2D eigenvalue weighted by Crippen LogP contribution is 2.36. The minimum absolute atomic E-state index is 0.0400. The lowest BCUT2D eigenvalue weighted by Crippen LogP contribution is -2.62. The summed E-state index contributed by atoms with van der Waals surface area (Å²) in [5.74, 6) is -0.244. The van der Waals surface area contributed by atoms with Crippen molar-refractivity contribution in [1.29, 1.82) is 0 Å². The number of piperidine rings is 1. The Morgan fingerprint density at radius 2 is 1.93 bits per heavy atom. The molecule has 3 heterocycles. The van der Waals surface area contributed by atoms with E-state index in [1.807, 2.05) is 0 Å². The Hall–Kier alpha value is -2.20. The largest absolute Gasteiger partial charge is 0.487 e. The van der Waals surface area contributed by atoms with Crippen molar-refractivity contribution in [2.45, 2.75) is 37.3 Å². The van der Waals surface area contributed by atoms with E-state index >= 15 is 0 Å². The van der Waals surface area contributed by atoms with Crippen LogP contribution < -0.4 is 10.1 Å². The second-order valence-corrected chi connectivity index (χ2v) is 8.07. The van der Waals surface area contributed by atoms with E-state index in [9.17, 15) is 22.8 Å². The number of carbonyl (C=O) groups excluding carboxylic acids is 2. The quantitative estimate of drug-likeness (QED) is 0.756. The molecule has 0 spiro atoms. The number of ether oxygens (including phenoxy) is 2. The van der Waals surface area contributed by atoms with E-state index in [1.54, 1.807) is 9.80 Å². The van der Waals surface area contributed by atoms with E-state index in [-0.39, 0.29) is 48.0 Å². The molecular formula is C19H21ClF3N3O4. The molecule has 30 heavy (non-hydrogen) atoms. The third-order valence-electron chi connectivity index (χ3n) is 5.56. The van der Waals surface area contributed by atoms with Crippen molar-refractivity contribution in [3.8, 4) is 5.75 Å². The maximum Gasteiger partial charge on any atom is 0.416 e. The molecule has 1 unspecified atom stereocenters. The van der Waals surface area contributed by atoms with Gasteiger partial charge in [0.05, 0.1) is 29.3 Å². The molecule has 0 bridgehead atoms. The zero-order valence-electron chi connectivity index (χ0n) is 16.0. The van der Waals surface area contributed by atoms with Gasteiger partial charge in [-0.1, -0.05) is 11.6 Å². The van der Waals surface area contributed by atoms with Crippen LogP contribution in [0.25, 0.3) is 0 Å². The van der Waals surface area contributed by atoms with Crippen molar-refractivity contribution < 1.29 is 32.2 Å². The highest BCUT2D eigenvalue weighted by molar-refractivity contribution is 6.32. The standard InChI is InChI=1S/C19H21ClF3N3O4/c20-13-2-1-11(19(21,22)23)7-16(13)30-12-3-5-25(8-12)18(28)26-6-4-15-14(9-26)24-17(27)10-29-15/h1-2,7,12,14-15H,3-6,8-10H2,(H,24,27)/t12?,14-,15+/m1/s1. The van der Waals surface area contributed by atoms with Crippen molar-refractivity contribution in [3.05, 3.63) is 28.8 Å². The van der Waals surface area contributed by atoms with Crippen LogP contribution in [0.2, 0.25) is 5.02 Å². The van der Waals surface area contributed by atoms with Crippen LogP contribution in [-0.2, 0) is 15.7 Å². The fourth-order valence-electron chi connectivity index (χ4n) is 4.02. The van der Waals surface area contributed by atoms with Crippen molar-refractivity contribution in [1.82, 2.24) is 15.1 Å². The summed E-state index contributed by atoms with van der Waals surface area (Å²) < 4.78 is 50.0. The second kappa shape index (κ2) is 8.14. The van der Waals surface area contributed by atoms with Crippen molar-refractivity contribution >= 4 is 23.5 Å². The molecule has 3 aliphatic heterocycles. The Morgan fingerprint density at radius 1 is 1.20 bits per heavy atom. The molecule has 4 rings (SSSR count). The molecule has 3 amide bonds. The number of hydrogen-bond donors (Lipinski definition) is 1. The lowest BCUT2D eigenvalue weighted by atomic mass is 10.0. The fourth-order valence-corrected chi connectivity index (χ4v) is 4.18. The minimum atomic E-state index is -4.50. The molecule has 164 valence electrons. The molecule has 1 aromatic carbocycles. The Morgan fingerprint density at radius 3 is 2.70 bits per heavy atom. The van der Waals surface area contributed by atoms with Crippen molar-refractivity contribution in [3.63, 3.8) is 0 Å². The molecule has 0 saturated carbocycles. The molecule has 3 atom stereocenters. The lowest BCUT2D eigenvalue weighted by Gasteiger charge is -2.42. The molecule has 7 nitrogen and oxygen atoms in total. The number of urea groups is 1. The minimum Gasteiger partial charge on any atom is -0.487 e. The van der Waals surface area contributed by atoms with E-state index in [4.69, 9.17) is 21.1 Å². The average Bonchev–Trinajstić information content (AvgIpc) is 3.16. The van der Waals surface area contributed by atoms with Crippen LogP contribution >= 0.6 is 11.6 Å². The molecule has 0 radical (unpaired) electrons. The predicted molar refractivity (Wildman–Crippen MR) is 100 cm³/mol. The van der Waals surface area contributed by atoms with Crippen molar-refractivity contribution in [2.24, 2.45) is 0 Å². The molecule has 3 saturated heterocycles. The number of carbonyl (C=O) groups is 2. The average molecular weight is 448 g/mol. The highest BCUT2D eigenvalue weighted by Gasteiger charge is 2.39. The summed E-state index contributed by atoms with van der Waals surface area (Å²) >= 11 is 5.99. The molecule has 3 fully saturated rings. The van der Waals surface area contributed by atoms with Gasteiger partial charge in [0.15, 0.2) is 0 Å². The van der Waals surface area contributed by atoms with Gasteiger partial charge in [0.25, 0.3) is 0 Å². The van der Waals surface area contributed by atoms with Gasteiger partial charge in [0.2, 0.25) is 5.91 Å². The first kappa shape index (κ1) is 21.0. The number of benzene rings is 1. The van der Waals surface area contributed by atoms with Gasteiger partial charge in [-0.25, -0.2) is 4.79 Å². The zero-order valence-corrected chi connectivity index (χ0v) is 16.7. The molecule has 3 aliphatic rings. The molecule has 0 aliphatic carbocycles. The Bertz CT molecular complexity index is 838. The first-order valence-corrected chi connectivity index (χ1v) is 10.1. The predicted octanol–water partition coefficient (Wildman–Crippen LogP) is 2.52. The number of nitrogens with one attached hydrogen (secondary N) is 1. The van der Waals surface area contributed by atoms with Gasteiger partial charge in [0.1, 0.15) is 18.5 Å². The first-order valence-electron chi connectivity index (χ1n) is 9.69. The molecular weight excluding hydrogens is 427 g/mol. The number of nitrogens with zero attached hydrogens (tertiary/aromatic N) is 2. The third kappa shape index (κ3) is 4.44. The summed E-state index contributed by atoms with van der Waals surface area (Å²) in [6.07, 6.45) is -3.93. The van der Waals surface area contributed by atoms with Crippen LogP contribution in [0.1, 0.15) is 18.4 Å². The summed E-state index contributed by atoms with van der Waals surface area (Å²) in [6, 6.07) is 2.51. The van der Waals surface area contributed by atoms with Gasteiger partial charge in [0, 0.05) is 26.1 Å². The summed E-state index contributed by atoms with van der Waals surface area (Å²) in [6.45, 7) is 1.58. The van der Waals surface area contributed by atoms with Crippen LogP contribution in [0, 0.1) is 0 Å². The number of likely N-dealkylation sites (tertiary alicyclic amines) is 2. The highest BCUT2D eigenvalue weighted by atomic mass is 35.5. The van der Waals surface area contributed by atoms with Gasteiger partial charge in [-0.3, -0.25) is 4.79 Å². The van der Waals surface area contributed by atoms with Crippen LogP contribution in [0.3, 0.4) is 0 Å². The molecule has 11 heteroatoms. The van der Waals surface area contributed by atoms with Gasteiger partial charge in [-0.2, -0.15) is 13.2 Å². The number of hydrogen-bond acceptors (Lipinski definition) is 4. The van der Waals surface area contributed by atoms with E-state index in [1.165, 1.54) is 0 Å². The van der Waals surface area contributed by atoms with Crippen LogP contribution in [0.4, 0.5) is 18.0 Å². The van der Waals surface area contributed by atoms with Crippen LogP contribution in [0.15, 0.2) is 18.2 Å². The summed E-state index contributed by atoms with van der Waals surface area (Å²) in [5, 5.41) is 2.94. The molecule has 1 N–H and O–H groups in total. The van der Waals surface area contributed by atoms with Gasteiger partial charge < -0.3 is 24.6 Å². The van der Waals surface area contributed by atoms with Crippen molar-refractivity contribution in [2.75, 3.05) is 32.8 Å². The van der Waals surface area contributed by atoms with Crippen LogP contribution in [-0.4, -0.2) is 72.8 Å². The topological polar surface area (TPSA) is 71.1 Å². The van der Waals surface area contributed by atoms with E-state index in [0.717, 1.165) is 18.2 Å². The maximum absolute atomic E-state index is 12.9. The maximum atomic E-state index is 12.9. The number of fused-ring (bicyclic) bond motifs is 1. The fraction of sp³-hybridized carbons (Fsp3) is 0.579. The second-order valence-electron chi connectivity index (χ2n) is 7.66. The smallest absolute Gasteiger partial charge is 0.416 e. The monoisotopic (exact) mass is 447 g/mol. The lowest BCUT2D eigenvalue weighted by molar-refractivity contribution is -0.140. The first-order chi connectivity index (χ1) is 14.2. The molecule has 1 aromatic rings. The zero-order chi connectivity index (χ0) is 21.5. The van der Waals surface area contributed by atoms with E-state index < -0.39 is 17.8 Å². The number of halogens is 4. The SMILES string of the molecule is O=C1CO[C@H]2CCN(C(=O)N3CCC(Oc4cc(C(F)(F)F)ccc4Cl)C3)C[C@H]2N1. The summed E-state index contributed by atoms with van der Waals surface area (Å²) in [5.41, 5.74) is -0.840. The van der Waals surface area contributed by atoms with Gasteiger partial charge in [-0.05, 0) is 24.6 Å². The third-order valence-corrected chi connectivity index (χ3v) is 5.87. The normalized spacial score (nSPS) is 26.9. The number of morpholine rings is 1. The Labute approximate surface area is 176 Å². The number of alkyl halides is 3. The number of rotatable bonds is 2. The van der Waals surface area contributed by atoms with Crippen LogP contribution in [0.5, 0.6) is 5.75 Å². The van der Waals surface area contributed by atoms with E-state index in [0.29, 0.717) is 32.5 Å². The summed E-state index contributed by atoms with van der Waals surface area (Å²) in [7, 11) is 0.